The van der Waals surface area contributed by atoms with Gasteiger partial charge < -0.3 is 20.1 Å². The van der Waals surface area contributed by atoms with Crippen LogP contribution in [0.3, 0.4) is 0 Å². The second-order valence-electron chi connectivity index (χ2n) is 8.96. The van der Waals surface area contributed by atoms with E-state index in [0.717, 1.165) is 43.2 Å². The van der Waals surface area contributed by atoms with E-state index in [0.29, 0.717) is 18.9 Å². The third-order valence-electron chi connectivity index (χ3n) is 6.87. The van der Waals surface area contributed by atoms with Crippen LogP contribution in [0.4, 0.5) is 0 Å². The van der Waals surface area contributed by atoms with E-state index < -0.39 is 18.2 Å². The molecule has 5 nitrogen and oxygen atoms in total. The molecule has 0 radical (unpaired) electrons. The Morgan fingerprint density at radius 1 is 1.13 bits per heavy atom. The van der Waals surface area contributed by atoms with Gasteiger partial charge >= 0.3 is 5.97 Å². The van der Waals surface area contributed by atoms with Crippen molar-refractivity contribution in [1.82, 2.24) is 0 Å². The van der Waals surface area contributed by atoms with Crippen LogP contribution >= 0.6 is 11.6 Å². The summed E-state index contributed by atoms with van der Waals surface area (Å²) in [5.74, 6) is -0.430. The number of ether oxygens (including phenoxy) is 1. The van der Waals surface area contributed by atoms with Crippen molar-refractivity contribution in [3.05, 3.63) is 35.4 Å². The quantitative estimate of drug-likeness (QED) is 0.366. The molecule has 1 aromatic carbocycles. The monoisotopic (exact) mass is 438 g/mol. The zero-order valence-corrected chi connectivity index (χ0v) is 18.3. The number of carboxylic acid groups (broad SMARTS) is 1. The first kappa shape index (κ1) is 23.5. The number of hydrogen-bond acceptors (Lipinski definition) is 4. The molecule has 2 aliphatic rings. The smallest absolute Gasteiger partial charge is 0.329 e. The van der Waals surface area contributed by atoms with Gasteiger partial charge in [-0.1, -0.05) is 49.9 Å². The van der Waals surface area contributed by atoms with Gasteiger partial charge in [-0.05, 0) is 55.1 Å². The molecule has 5 unspecified atom stereocenters. The standard InChI is InChI=1S/C24H35ClO5/c25-20-14-21(26)23(19(20)8-4-5-13-30-15-22(27)28)16-9-11-18(12-10-16)24(29)17-6-2-1-3-7-17/h9-12,17,19-21,23-24,26,29H,1-8,13-15H2,(H,27,28). The molecule has 2 fully saturated rings. The average Bonchev–Trinajstić information content (AvgIpc) is 3.03. The van der Waals surface area contributed by atoms with E-state index in [9.17, 15) is 15.0 Å². The van der Waals surface area contributed by atoms with E-state index in [1.54, 1.807) is 0 Å². The van der Waals surface area contributed by atoms with Gasteiger partial charge in [0.05, 0.1) is 12.2 Å². The molecule has 0 heterocycles. The van der Waals surface area contributed by atoms with Gasteiger partial charge in [0.2, 0.25) is 0 Å². The van der Waals surface area contributed by atoms with Gasteiger partial charge in [-0.3, -0.25) is 0 Å². The highest BCUT2D eigenvalue weighted by molar-refractivity contribution is 6.21. The summed E-state index contributed by atoms with van der Waals surface area (Å²) in [5, 5.41) is 29.9. The third kappa shape index (κ3) is 6.19. The summed E-state index contributed by atoms with van der Waals surface area (Å²) < 4.78 is 5.10. The Hall–Kier alpha value is -1.14. The van der Waals surface area contributed by atoms with Gasteiger partial charge in [0.25, 0.3) is 0 Å². The first-order valence-electron chi connectivity index (χ1n) is 11.4. The number of aliphatic hydroxyl groups is 2. The molecule has 3 N–H and O–H groups in total. The molecule has 5 atom stereocenters. The molecule has 30 heavy (non-hydrogen) atoms. The van der Waals surface area contributed by atoms with Crippen LogP contribution in [0.1, 0.15) is 80.9 Å². The van der Waals surface area contributed by atoms with Gasteiger partial charge in [0.1, 0.15) is 6.61 Å². The molecule has 1 aromatic rings. The lowest BCUT2D eigenvalue weighted by atomic mass is 9.81. The van der Waals surface area contributed by atoms with Gasteiger partial charge in [-0.25, -0.2) is 4.79 Å². The van der Waals surface area contributed by atoms with Crippen molar-refractivity contribution in [2.75, 3.05) is 13.2 Å². The number of benzene rings is 1. The van der Waals surface area contributed by atoms with Crippen molar-refractivity contribution in [1.29, 1.82) is 0 Å². The van der Waals surface area contributed by atoms with Crippen molar-refractivity contribution in [3.63, 3.8) is 0 Å². The summed E-state index contributed by atoms with van der Waals surface area (Å²) in [6.07, 6.45) is 8.12. The molecular formula is C24H35ClO5. The molecule has 0 bridgehead atoms. The lowest BCUT2D eigenvalue weighted by molar-refractivity contribution is -0.142. The largest absolute Gasteiger partial charge is 0.480 e. The lowest BCUT2D eigenvalue weighted by Crippen LogP contribution is -2.19. The van der Waals surface area contributed by atoms with Crippen LogP contribution in [0, 0.1) is 11.8 Å². The predicted molar refractivity (Wildman–Crippen MR) is 117 cm³/mol. The van der Waals surface area contributed by atoms with Crippen LogP contribution in [0.5, 0.6) is 0 Å². The minimum atomic E-state index is -0.952. The Bertz CT molecular complexity index is 658. The molecule has 0 aromatic heterocycles. The Morgan fingerprint density at radius 2 is 1.83 bits per heavy atom. The normalized spacial score (nSPS) is 28.5. The Balaban J connectivity index is 1.57. The second-order valence-corrected chi connectivity index (χ2v) is 9.52. The highest BCUT2D eigenvalue weighted by atomic mass is 35.5. The van der Waals surface area contributed by atoms with E-state index in [1.807, 2.05) is 24.3 Å². The fraction of sp³-hybridized carbons (Fsp3) is 0.708. The van der Waals surface area contributed by atoms with E-state index in [2.05, 4.69) is 0 Å². The Labute approximate surface area is 184 Å². The lowest BCUT2D eigenvalue weighted by Gasteiger charge is -2.28. The van der Waals surface area contributed by atoms with Crippen LogP contribution < -0.4 is 0 Å². The first-order valence-corrected chi connectivity index (χ1v) is 11.8. The van der Waals surface area contributed by atoms with Crippen molar-refractivity contribution < 1.29 is 24.9 Å². The average molecular weight is 439 g/mol. The van der Waals surface area contributed by atoms with Gasteiger partial charge in [0.15, 0.2) is 0 Å². The number of rotatable bonds is 10. The van der Waals surface area contributed by atoms with Gasteiger partial charge in [0, 0.05) is 17.9 Å². The van der Waals surface area contributed by atoms with Gasteiger partial charge in [-0.15, -0.1) is 11.6 Å². The summed E-state index contributed by atoms with van der Waals surface area (Å²) in [5.41, 5.74) is 2.05. The highest BCUT2D eigenvalue weighted by Crippen LogP contribution is 2.45. The molecule has 0 amide bonds. The number of unbranched alkanes of at least 4 members (excludes halogenated alkanes) is 1. The zero-order chi connectivity index (χ0) is 21.5. The van der Waals surface area contributed by atoms with E-state index in [-0.39, 0.29) is 23.8 Å². The Kier molecular flexibility index (Phi) is 8.99. The molecular weight excluding hydrogens is 404 g/mol. The van der Waals surface area contributed by atoms with Crippen LogP contribution in [0.15, 0.2) is 24.3 Å². The maximum Gasteiger partial charge on any atom is 0.329 e. The summed E-state index contributed by atoms with van der Waals surface area (Å²) in [6.45, 7) is 0.162. The van der Waals surface area contributed by atoms with Crippen LogP contribution in [-0.4, -0.2) is 46.0 Å². The predicted octanol–water partition coefficient (Wildman–Crippen LogP) is 4.64. The minimum Gasteiger partial charge on any atom is -0.480 e. The van der Waals surface area contributed by atoms with Crippen LogP contribution in [0.2, 0.25) is 0 Å². The first-order chi connectivity index (χ1) is 14.5. The van der Waals surface area contributed by atoms with Crippen LogP contribution in [0.25, 0.3) is 0 Å². The number of carboxylic acids is 1. The maximum absolute atomic E-state index is 10.7. The topological polar surface area (TPSA) is 87.0 Å². The molecule has 0 spiro atoms. The van der Waals surface area contributed by atoms with Crippen molar-refractivity contribution in [2.24, 2.45) is 11.8 Å². The van der Waals surface area contributed by atoms with E-state index in [4.69, 9.17) is 21.4 Å². The molecule has 0 saturated heterocycles. The number of hydrogen-bond donors (Lipinski definition) is 3. The number of carbonyl (C=O) groups is 1. The molecule has 3 rings (SSSR count). The Morgan fingerprint density at radius 3 is 2.50 bits per heavy atom. The molecule has 2 aliphatic carbocycles. The molecule has 2 saturated carbocycles. The highest BCUT2D eigenvalue weighted by Gasteiger charge is 2.42. The SMILES string of the molecule is O=C(O)COCCCCC1C(Cl)CC(O)C1c1ccc(C(O)C2CCCCC2)cc1. The molecule has 168 valence electrons. The summed E-state index contributed by atoms with van der Waals surface area (Å²) >= 11 is 6.57. The summed E-state index contributed by atoms with van der Waals surface area (Å²) in [7, 11) is 0. The van der Waals surface area contributed by atoms with E-state index in [1.165, 1.54) is 19.3 Å². The third-order valence-corrected chi connectivity index (χ3v) is 7.37. The van der Waals surface area contributed by atoms with Crippen LogP contribution in [-0.2, 0) is 9.53 Å². The van der Waals surface area contributed by atoms with Crippen molar-refractivity contribution >= 4 is 17.6 Å². The van der Waals surface area contributed by atoms with Crippen molar-refractivity contribution in [2.45, 2.75) is 81.3 Å². The zero-order valence-electron chi connectivity index (χ0n) is 17.6. The molecule has 0 aliphatic heterocycles. The van der Waals surface area contributed by atoms with Crippen molar-refractivity contribution in [3.8, 4) is 0 Å². The fourth-order valence-electron chi connectivity index (χ4n) is 5.27. The number of alkyl halides is 1. The number of halogens is 1. The minimum absolute atomic E-state index is 0.00619. The number of aliphatic hydroxyl groups excluding tert-OH is 2. The maximum atomic E-state index is 10.7. The summed E-state index contributed by atoms with van der Waals surface area (Å²) in [4.78, 5) is 10.5. The number of aliphatic carboxylic acids is 1. The van der Waals surface area contributed by atoms with Gasteiger partial charge in [-0.2, -0.15) is 0 Å². The van der Waals surface area contributed by atoms with E-state index >= 15 is 0 Å². The fourth-order valence-corrected chi connectivity index (χ4v) is 5.74. The second kappa shape index (κ2) is 11.5. The molecule has 6 heteroatoms. The summed E-state index contributed by atoms with van der Waals surface area (Å²) in [6, 6.07) is 8.12.